The Kier molecular flexibility index (Phi) is 4.95. The Morgan fingerprint density at radius 3 is 2.82 bits per heavy atom. The maximum atomic E-state index is 11.3. The van der Waals surface area contributed by atoms with Gasteiger partial charge in [-0.05, 0) is 30.5 Å². The number of amides is 1. The van der Waals surface area contributed by atoms with Crippen molar-refractivity contribution in [2.24, 2.45) is 5.92 Å². The molecule has 22 heavy (non-hydrogen) atoms. The van der Waals surface area contributed by atoms with Crippen LogP contribution in [-0.2, 0) is 17.9 Å². The molecule has 2 rings (SSSR count). The Morgan fingerprint density at radius 1 is 1.41 bits per heavy atom. The van der Waals surface area contributed by atoms with E-state index in [1.165, 1.54) is 4.90 Å². The van der Waals surface area contributed by atoms with Gasteiger partial charge >= 0.3 is 6.41 Å². The monoisotopic (exact) mass is 295 g/mol. The van der Waals surface area contributed by atoms with E-state index in [0.717, 1.165) is 23.5 Å². The molecule has 0 saturated carbocycles. The minimum atomic E-state index is 0.368. The second-order valence-corrected chi connectivity index (χ2v) is 5.68. The average Bonchev–Trinajstić information content (AvgIpc) is 2.85. The number of anilines is 1. The SMILES string of the molecule is Cc1c(N([C]=O)Cc2cccc(C#N)c2)cnn1CC(C)C. The van der Waals surface area contributed by atoms with Crippen LogP contribution in [0.5, 0.6) is 0 Å². The molecule has 0 spiro atoms. The molecule has 5 nitrogen and oxygen atoms in total. The molecule has 1 radical (unpaired) electrons. The van der Waals surface area contributed by atoms with Crippen LogP contribution >= 0.6 is 0 Å². The van der Waals surface area contributed by atoms with Crippen molar-refractivity contribution < 1.29 is 4.79 Å². The molecule has 0 N–H and O–H groups in total. The first kappa shape index (κ1) is 15.8. The zero-order valence-electron chi connectivity index (χ0n) is 13.1. The predicted molar refractivity (Wildman–Crippen MR) is 84.8 cm³/mol. The van der Waals surface area contributed by atoms with Crippen molar-refractivity contribution in [1.29, 1.82) is 5.26 Å². The summed E-state index contributed by atoms with van der Waals surface area (Å²) in [5.74, 6) is 0.479. The summed E-state index contributed by atoms with van der Waals surface area (Å²) in [5.41, 5.74) is 3.15. The standard InChI is InChI=1S/C17H19N4O/c1-13(2)10-21-14(3)17(9-19-21)20(12-22)11-16-6-4-5-15(7-16)8-18/h4-7,9,13H,10-11H2,1-3H3. The number of nitriles is 1. The molecule has 0 aliphatic carbocycles. The molecule has 0 fully saturated rings. The molecule has 1 aromatic carbocycles. The minimum absolute atomic E-state index is 0.368. The van der Waals surface area contributed by atoms with E-state index in [-0.39, 0.29) is 0 Å². The topological polar surface area (TPSA) is 61.9 Å². The third-order valence-electron chi connectivity index (χ3n) is 3.41. The van der Waals surface area contributed by atoms with E-state index in [0.29, 0.717) is 18.0 Å². The van der Waals surface area contributed by atoms with Crippen LogP contribution in [0.1, 0.15) is 30.7 Å². The van der Waals surface area contributed by atoms with Crippen molar-refractivity contribution in [3.8, 4) is 6.07 Å². The Labute approximate surface area is 130 Å². The van der Waals surface area contributed by atoms with Gasteiger partial charge in [0.25, 0.3) is 0 Å². The number of aromatic nitrogens is 2. The lowest BCUT2D eigenvalue weighted by Gasteiger charge is -2.16. The molecule has 113 valence electrons. The summed E-state index contributed by atoms with van der Waals surface area (Å²) >= 11 is 0. The maximum absolute atomic E-state index is 11.3. The predicted octanol–water partition coefficient (Wildman–Crippen LogP) is 2.79. The number of hydrogen-bond acceptors (Lipinski definition) is 3. The first-order chi connectivity index (χ1) is 10.5. The highest BCUT2D eigenvalue weighted by atomic mass is 16.1. The summed E-state index contributed by atoms with van der Waals surface area (Å²) < 4.78 is 1.90. The molecule has 0 unspecified atom stereocenters. The quantitative estimate of drug-likeness (QED) is 0.770. The number of nitrogens with zero attached hydrogens (tertiary/aromatic N) is 4. The van der Waals surface area contributed by atoms with Crippen molar-refractivity contribution in [2.75, 3.05) is 4.90 Å². The van der Waals surface area contributed by atoms with Gasteiger partial charge in [-0.1, -0.05) is 26.0 Å². The zero-order chi connectivity index (χ0) is 16.1. The Balaban J connectivity index is 2.23. The summed E-state index contributed by atoms with van der Waals surface area (Å²) in [6.45, 7) is 7.37. The fraction of sp³-hybridized carbons (Fsp3) is 0.353. The molecule has 0 saturated heterocycles. The van der Waals surface area contributed by atoms with Gasteiger partial charge in [0.05, 0.1) is 35.8 Å². The Hall–Kier alpha value is -2.61. The normalized spacial score (nSPS) is 10.5. The Morgan fingerprint density at radius 2 is 2.18 bits per heavy atom. The largest absolute Gasteiger partial charge is 0.317 e. The molecular weight excluding hydrogens is 276 g/mol. The molecule has 0 atom stereocenters. The van der Waals surface area contributed by atoms with Gasteiger partial charge in [-0.2, -0.15) is 10.4 Å². The molecule has 0 aliphatic rings. The van der Waals surface area contributed by atoms with E-state index in [2.05, 4.69) is 25.0 Å². The van der Waals surface area contributed by atoms with Crippen molar-refractivity contribution in [1.82, 2.24) is 9.78 Å². The highest BCUT2D eigenvalue weighted by Crippen LogP contribution is 2.21. The van der Waals surface area contributed by atoms with Gasteiger partial charge in [0.15, 0.2) is 0 Å². The summed E-state index contributed by atoms with van der Waals surface area (Å²) in [7, 11) is 0. The highest BCUT2D eigenvalue weighted by molar-refractivity contribution is 5.76. The smallest absolute Gasteiger partial charge is 0.296 e. The van der Waals surface area contributed by atoms with E-state index >= 15 is 0 Å². The minimum Gasteiger partial charge on any atom is -0.296 e. The van der Waals surface area contributed by atoms with Crippen LogP contribution in [0.2, 0.25) is 0 Å². The lowest BCUT2D eigenvalue weighted by molar-refractivity contribution is 0.474. The van der Waals surface area contributed by atoms with Gasteiger partial charge in [-0.3, -0.25) is 14.4 Å². The van der Waals surface area contributed by atoms with Crippen molar-refractivity contribution in [3.63, 3.8) is 0 Å². The zero-order valence-corrected chi connectivity index (χ0v) is 13.1. The van der Waals surface area contributed by atoms with Gasteiger partial charge in [0, 0.05) is 6.54 Å². The Bertz CT molecular complexity index is 697. The van der Waals surface area contributed by atoms with E-state index in [9.17, 15) is 4.79 Å². The summed E-state index contributed by atoms with van der Waals surface area (Å²) in [5, 5.41) is 13.3. The molecule has 0 aliphatic heterocycles. The first-order valence-corrected chi connectivity index (χ1v) is 7.22. The van der Waals surface area contributed by atoms with Crippen LogP contribution in [0.15, 0.2) is 30.5 Å². The molecule has 1 amide bonds. The second kappa shape index (κ2) is 6.90. The van der Waals surface area contributed by atoms with Crippen LogP contribution in [0.25, 0.3) is 0 Å². The maximum Gasteiger partial charge on any atom is 0.317 e. The van der Waals surface area contributed by atoms with Gasteiger partial charge in [0.2, 0.25) is 0 Å². The molecule has 0 bridgehead atoms. The molecule has 1 heterocycles. The second-order valence-electron chi connectivity index (χ2n) is 5.68. The van der Waals surface area contributed by atoms with E-state index < -0.39 is 0 Å². The van der Waals surface area contributed by atoms with Crippen LogP contribution in [-0.4, -0.2) is 16.2 Å². The van der Waals surface area contributed by atoms with Crippen LogP contribution in [0, 0.1) is 24.2 Å². The summed E-state index contributed by atoms with van der Waals surface area (Å²) in [6.07, 6.45) is 3.65. The molecule has 5 heteroatoms. The van der Waals surface area contributed by atoms with Crippen molar-refractivity contribution >= 4 is 12.1 Å². The van der Waals surface area contributed by atoms with E-state index in [1.54, 1.807) is 18.3 Å². The van der Waals surface area contributed by atoms with Crippen molar-refractivity contribution in [3.05, 3.63) is 47.3 Å². The number of rotatable bonds is 6. The van der Waals surface area contributed by atoms with Crippen LogP contribution < -0.4 is 4.90 Å². The summed E-state index contributed by atoms with van der Waals surface area (Å²) in [4.78, 5) is 12.8. The fourth-order valence-corrected chi connectivity index (χ4v) is 2.32. The fourth-order valence-electron chi connectivity index (χ4n) is 2.32. The van der Waals surface area contributed by atoms with E-state index in [1.807, 2.05) is 30.1 Å². The number of benzene rings is 1. The van der Waals surface area contributed by atoms with Crippen LogP contribution in [0.3, 0.4) is 0 Å². The molecule has 2 aromatic rings. The first-order valence-electron chi connectivity index (χ1n) is 7.22. The van der Waals surface area contributed by atoms with Gasteiger partial charge in [-0.25, -0.2) is 0 Å². The average molecular weight is 295 g/mol. The third-order valence-corrected chi connectivity index (χ3v) is 3.41. The van der Waals surface area contributed by atoms with E-state index in [4.69, 9.17) is 5.26 Å². The van der Waals surface area contributed by atoms with Gasteiger partial charge in [0.1, 0.15) is 0 Å². The number of hydrogen-bond donors (Lipinski definition) is 0. The highest BCUT2D eigenvalue weighted by Gasteiger charge is 2.15. The lowest BCUT2D eigenvalue weighted by Crippen LogP contribution is -2.21. The third kappa shape index (κ3) is 3.53. The molecule has 1 aromatic heterocycles. The van der Waals surface area contributed by atoms with Gasteiger partial charge in [-0.15, -0.1) is 0 Å². The lowest BCUT2D eigenvalue weighted by atomic mass is 10.1. The van der Waals surface area contributed by atoms with Gasteiger partial charge < -0.3 is 0 Å². The summed E-state index contributed by atoms with van der Waals surface area (Å²) in [6, 6.07) is 9.32. The van der Waals surface area contributed by atoms with Crippen molar-refractivity contribution in [2.45, 2.75) is 33.9 Å². The van der Waals surface area contributed by atoms with Crippen LogP contribution in [0.4, 0.5) is 5.69 Å². The molecular formula is C17H19N4O. The number of carbonyl (C=O) groups excluding carboxylic acids is 1.